The molecular weight excluding hydrogens is 237 g/mol. The second kappa shape index (κ2) is 5.80. The first kappa shape index (κ1) is 12.9. The molecule has 0 bridgehead atoms. The number of carbonyl (C=O) groups is 1. The van der Waals surface area contributed by atoms with E-state index in [-0.39, 0.29) is 13.2 Å². The maximum atomic E-state index is 12.8. The number of alkyl carbamates (subject to hydrolysis) is 1. The van der Waals surface area contributed by atoms with Crippen molar-refractivity contribution in [3.05, 3.63) is 32.9 Å². The maximum absolute atomic E-state index is 12.8. The van der Waals surface area contributed by atoms with Crippen LogP contribution >= 0.6 is 0 Å². The van der Waals surface area contributed by atoms with Crippen molar-refractivity contribution in [2.24, 2.45) is 0 Å². The Bertz CT molecular complexity index is 509. The summed E-state index contributed by atoms with van der Waals surface area (Å²) in [7, 11) is 0. The van der Waals surface area contributed by atoms with E-state index in [4.69, 9.17) is 5.11 Å². The number of nitrogens with one attached hydrogen (secondary N) is 2. The fourth-order valence-corrected chi connectivity index (χ4v) is 0.916. The number of carbonyl (C=O) groups excluding carboxylic acids is 1. The zero-order chi connectivity index (χ0) is 12.8. The molecule has 1 aromatic rings. The molecule has 1 amide bonds. The highest BCUT2D eigenvalue weighted by Gasteiger charge is 2.06. The van der Waals surface area contributed by atoms with Gasteiger partial charge in [-0.25, -0.2) is 9.59 Å². The Hall–Kier alpha value is -2.16. The van der Waals surface area contributed by atoms with Crippen molar-refractivity contribution in [2.45, 2.75) is 6.73 Å². The molecule has 3 N–H and O–H groups in total. The molecular formula is C8H10FN3O5. The van der Waals surface area contributed by atoms with E-state index in [1.807, 2.05) is 0 Å². The standard InChI is InChI=1S/C8H10FN3O5/c9-5-3-12(7(15)11-6(5)14)4-17-8(16)10-1-2-13/h3,13H,1-2,4H2,(H,10,16)(H,11,14,15). The molecule has 0 saturated heterocycles. The molecule has 0 fully saturated rings. The van der Waals surface area contributed by atoms with Crippen LogP contribution in [-0.2, 0) is 11.5 Å². The van der Waals surface area contributed by atoms with E-state index < -0.39 is 29.9 Å². The van der Waals surface area contributed by atoms with Crippen LogP contribution in [0.3, 0.4) is 0 Å². The quantitative estimate of drug-likeness (QED) is 0.590. The van der Waals surface area contributed by atoms with Gasteiger partial charge in [-0.05, 0) is 0 Å². The summed E-state index contributed by atoms with van der Waals surface area (Å²) >= 11 is 0. The van der Waals surface area contributed by atoms with E-state index in [1.54, 1.807) is 4.98 Å². The van der Waals surface area contributed by atoms with Crippen LogP contribution in [0.25, 0.3) is 0 Å². The number of H-pyrrole nitrogens is 1. The normalized spacial score (nSPS) is 10.0. The molecule has 9 heteroatoms. The molecule has 0 aromatic carbocycles. The van der Waals surface area contributed by atoms with Crippen molar-refractivity contribution in [1.29, 1.82) is 0 Å². The van der Waals surface area contributed by atoms with Gasteiger partial charge in [0, 0.05) is 6.54 Å². The van der Waals surface area contributed by atoms with Gasteiger partial charge in [0.15, 0.2) is 6.73 Å². The number of hydrogen-bond acceptors (Lipinski definition) is 5. The smallest absolute Gasteiger partial charge is 0.408 e. The van der Waals surface area contributed by atoms with Gasteiger partial charge in [-0.2, -0.15) is 4.39 Å². The predicted octanol–water partition coefficient (Wildman–Crippen LogP) is -1.65. The topological polar surface area (TPSA) is 113 Å². The van der Waals surface area contributed by atoms with Crippen molar-refractivity contribution in [1.82, 2.24) is 14.9 Å². The molecule has 0 spiro atoms. The van der Waals surface area contributed by atoms with Crippen molar-refractivity contribution < 1.29 is 19.0 Å². The first-order valence-corrected chi connectivity index (χ1v) is 4.55. The summed E-state index contributed by atoms with van der Waals surface area (Å²) in [5.74, 6) is -1.16. The van der Waals surface area contributed by atoms with E-state index in [9.17, 15) is 18.8 Å². The molecule has 0 atom stereocenters. The molecule has 94 valence electrons. The monoisotopic (exact) mass is 247 g/mol. The lowest BCUT2D eigenvalue weighted by molar-refractivity contribution is 0.109. The molecule has 0 unspecified atom stereocenters. The van der Waals surface area contributed by atoms with Crippen molar-refractivity contribution >= 4 is 6.09 Å². The highest BCUT2D eigenvalue weighted by molar-refractivity contribution is 5.66. The molecule has 1 aromatic heterocycles. The van der Waals surface area contributed by atoms with Crippen molar-refractivity contribution in [3.8, 4) is 0 Å². The molecule has 0 aliphatic rings. The Morgan fingerprint density at radius 2 is 2.29 bits per heavy atom. The summed E-state index contributed by atoms with van der Waals surface area (Å²) in [6.07, 6.45) is -0.252. The SMILES string of the molecule is O=C(NCCO)OCn1cc(F)c(=O)[nH]c1=O. The number of aliphatic hydroxyl groups is 1. The summed E-state index contributed by atoms with van der Waals surface area (Å²) in [5.41, 5.74) is -2.04. The third-order valence-electron chi connectivity index (χ3n) is 1.68. The summed E-state index contributed by atoms with van der Waals surface area (Å²) in [4.78, 5) is 34.4. The number of aromatic amines is 1. The molecule has 0 radical (unpaired) electrons. The van der Waals surface area contributed by atoms with E-state index in [2.05, 4.69) is 10.1 Å². The molecule has 1 heterocycles. The zero-order valence-electron chi connectivity index (χ0n) is 8.60. The van der Waals surface area contributed by atoms with Gasteiger partial charge in [-0.15, -0.1) is 0 Å². The Labute approximate surface area is 93.6 Å². The Morgan fingerprint density at radius 1 is 1.59 bits per heavy atom. The highest BCUT2D eigenvalue weighted by Crippen LogP contribution is 1.86. The van der Waals surface area contributed by atoms with Gasteiger partial charge in [0.25, 0.3) is 5.56 Å². The number of aromatic nitrogens is 2. The number of amides is 1. The molecule has 1 rings (SSSR count). The third kappa shape index (κ3) is 3.72. The van der Waals surface area contributed by atoms with Crippen molar-refractivity contribution in [2.75, 3.05) is 13.2 Å². The van der Waals surface area contributed by atoms with Gasteiger partial charge in [-0.1, -0.05) is 0 Å². The molecule has 0 aliphatic heterocycles. The van der Waals surface area contributed by atoms with Gasteiger partial charge in [0.1, 0.15) is 0 Å². The zero-order valence-corrected chi connectivity index (χ0v) is 8.60. The van der Waals surface area contributed by atoms with Gasteiger partial charge in [0.2, 0.25) is 5.82 Å². The minimum Gasteiger partial charge on any atom is -0.428 e. The van der Waals surface area contributed by atoms with Gasteiger partial charge in [-0.3, -0.25) is 14.3 Å². The van der Waals surface area contributed by atoms with Crippen LogP contribution in [0.1, 0.15) is 0 Å². The third-order valence-corrected chi connectivity index (χ3v) is 1.68. The van der Waals surface area contributed by atoms with Crippen LogP contribution in [-0.4, -0.2) is 33.9 Å². The Kier molecular flexibility index (Phi) is 4.40. The Morgan fingerprint density at radius 3 is 2.94 bits per heavy atom. The van der Waals surface area contributed by atoms with Crippen LogP contribution in [0.4, 0.5) is 9.18 Å². The number of ether oxygens (including phenoxy) is 1. The number of aliphatic hydroxyl groups excluding tert-OH is 1. The first-order valence-electron chi connectivity index (χ1n) is 4.55. The second-order valence-corrected chi connectivity index (χ2v) is 2.92. The minimum atomic E-state index is -1.16. The number of nitrogens with zero attached hydrogens (tertiary/aromatic N) is 1. The summed E-state index contributed by atoms with van der Waals surface area (Å²) in [6, 6.07) is 0. The second-order valence-electron chi connectivity index (χ2n) is 2.92. The predicted molar refractivity (Wildman–Crippen MR) is 52.9 cm³/mol. The van der Waals surface area contributed by atoms with Crippen LogP contribution < -0.4 is 16.6 Å². The molecule has 0 aliphatic carbocycles. The van der Waals surface area contributed by atoms with E-state index in [0.29, 0.717) is 10.8 Å². The summed E-state index contributed by atoms with van der Waals surface area (Å²) in [5, 5.41) is 10.6. The molecule has 8 nitrogen and oxygen atoms in total. The summed E-state index contributed by atoms with van der Waals surface area (Å²) < 4.78 is 18.0. The first-order chi connectivity index (χ1) is 8.04. The van der Waals surface area contributed by atoms with Crippen LogP contribution in [0.2, 0.25) is 0 Å². The number of hydrogen-bond donors (Lipinski definition) is 3. The van der Waals surface area contributed by atoms with E-state index >= 15 is 0 Å². The maximum Gasteiger partial charge on any atom is 0.408 e. The fourth-order valence-electron chi connectivity index (χ4n) is 0.916. The average Bonchev–Trinajstić information content (AvgIpc) is 2.29. The summed E-state index contributed by atoms with van der Waals surface area (Å²) in [6.45, 7) is -0.820. The van der Waals surface area contributed by atoms with Crippen LogP contribution in [0, 0.1) is 5.82 Å². The van der Waals surface area contributed by atoms with E-state index in [0.717, 1.165) is 0 Å². The van der Waals surface area contributed by atoms with Crippen LogP contribution in [0.5, 0.6) is 0 Å². The van der Waals surface area contributed by atoms with E-state index in [1.165, 1.54) is 0 Å². The lowest BCUT2D eigenvalue weighted by Gasteiger charge is -2.07. The van der Waals surface area contributed by atoms with Gasteiger partial charge < -0.3 is 15.2 Å². The fraction of sp³-hybridized carbons (Fsp3) is 0.375. The van der Waals surface area contributed by atoms with Gasteiger partial charge in [0.05, 0.1) is 12.8 Å². The number of rotatable bonds is 4. The van der Waals surface area contributed by atoms with Crippen LogP contribution in [0.15, 0.2) is 15.8 Å². The number of halogens is 1. The van der Waals surface area contributed by atoms with Gasteiger partial charge >= 0.3 is 11.8 Å². The lowest BCUT2D eigenvalue weighted by atomic mass is 10.6. The Balaban J connectivity index is 2.64. The minimum absolute atomic E-state index is 0.00623. The highest BCUT2D eigenvalue weighted by atomic mass is 19.1. The lowest BCUT2D eigenvalue weighted by Crippen LogP contribution is -2.34. The van der Waals surface area contributed by atoms with Crippen molar-refractivity contribution in [3.63, 3.8) is 0 Å². The molecule has 17 heavy (non-hydrogen) atoms. The largest absolute Gasteiger partial charge is 0.428 e. The average molecular weight is 247 g/mol. The molecule has 0 saturated carbocycles.